The second kappa shape index (κ2) is 18.0. The number of aliphatic hydroxyl groups is 1. The lowest BCUT2D eigenvalue weighted by atomic mass is 9.88. The van der Waals surface area contributed by atoms with Gasteiger partial charge in [0, 0.05) is 13.0 Å². The first-order valence-corrected chi connectivity index (χ1v) is 10.2. The van der Waals surface area contributed by atoms with Gasteiger partial charge in [-0.25, -0.2) is 0 Å². The first kappa shape index (κ1) is 26.4. The molecule has 3 nitrogen and oxygen atoms in total. The van der Waals surface area contributed by atoms with Crippen LogP contribution in [0.4, 0.5) is 0 Å². The van der Waals surface area contributed by atoms with Crippen LogP contribution < -0.4 is 18.1 Å². The van der Waals surface area contributed by atoms with Crippen molar-refractivity contribution in [1.82, 2.24) is 0 Å². The Bertz CT molecular complexity index is 248. The SMILES string of the molecule is CCCCCCCCCCCCOCC(O)CC([NH3+])(CC)CC.[Cl-]. The van der Waals surface area contributed by atoms with E-state index in [1.54, 1.807) is 0 Å². The van der Waals surface area contributed by atoms with Crippen LogP contribution >= 0.6 is 0 Å². The fourth-order valence-electron chi connectivity index (χ4n) is 3.01. The Labute approximate surface area is 157 Å². The number of hydrogen-bond acceptors (Lipinski definition) is 2. The molecular formula is C20H44ClNO2. The quantitative estimate of drug-likeness (QED) is 0.383. The maximum Gasteiger partial charge on any atom is 0.0966 e. The van der Waals surface area contributed by atoms with Gasteiger partial charge in [0.05, 0.1) is 18.2 Å². The Morgan fingerprint density at radius 3 is 1.75 bits per heavy atom. The van der Waals surface area contributed by atoms with Crippen LogP contribution in [0.2, 0.25) is 0 Å². The highest BCUT2D eigenvalue weighted by molar-refractivity contribution is 4.76. The van der Waals surface area contributed by atoms with Crippen molar-refractivity contribution in [3.8, 4) is 0 Å². The molecule has 0 aromatic carbocycles. The molecule has 0 fully saturated rings. The first-order valence-electron chi connectivity index (χ1n) is 10.2. The van der Waals surface area contributed by atoms with Gasteiger partial charge in [-0.15, -0.1) is 0 Å². The summed E-state index contributed by atoms with van der Waals surface area (Å²) in [7, 11) is 0. The average molecular weight is 366 g/mol. The maximum atomic E-state index is 10.0. The van der Waals surface area contributed by atoms with E-state index in [0.717, 1.165) is 32.3 Å². The van der Waals surface area contributed by atoms with E-state index in [0.29, 0.717) is 6.61 Å². The Morgan fingerprint density at radius 2 is 1.29 bits per heavy atom. The van der Waals surface area contributed by atoms with Crippen LogP contribution in [0.1, 0.15) is 104 Å². The van der Waals surface area contributed by atoms with E-state index >= 15 is 0 Å². The van der Waals surface area contributed by atoms with E-state index in [9.17, 15) is 5.11 Å². The van der Waals surface area contributed by atoms with Gasteiger partial charge in [0.15, 0.2) is 0 Å². The van der Waals surface area contributed by atoms with Gasteiger partial charge < -0.3 is 28.0 Å². The number of rotatable bonds is 17. The van der Waals surface area contributed by atoms with E-state index in [4.69, 9.17) is 4.74 Å². The van der Waals surface area contributed by atoms with Crippen LogP contribution in [0.3, 0.4) is 0 Å². The number of ether oxygens (including phenoxy) is 1. The number of unbranched alkanes of at least 4 members (excludes halogenated alkanes) is 9. The van der Waals surface area contributed by atoms with Gasteiger partial charge in [-0.3, -0.25) is 0 Å². The predicted octanol–water partition coefficient (Wildman–Crippen LogP) is 1.48. The lowest BCUT2D eigenvalue weighted by molar-refractivity contribution is -0.484. The molecule has 0 rings (SSSR count). The van der Waals surface area contributed by atoms with Crippen LogP contribution in [-0.2, 0) is 4.74 Å². The van der Waals surface area contributed by atoms with Gasteiger partial charge >= 0.3 is 0 Å². The molecule has 0 amide bonds. The molecule has 24 heavy (non-hydrogen) atoms. The van der Waals surface area contributed by atoms with Crippen molar-refractivity contribution in [2.45, 2.75) is 116 Å². The molecule has 1 atom stereocenters. The summed E-state index contributed by atoms with van der Waals surface area (Å²) >= 11 is 0. The van der Waals surface area contributed by atoms with E-state index in [-0.39, 0.29) is 24.0 Å². The first-order chi connectivity index (χ1) is 11.1. The van der Waals surface area contributed by atoms with E-state index in [2.05, 4.69) is 26.5 Å². The molecule has 0 saturated carbocycles. The Morgan fingerprint density at radius 1 is 0.833 bits per heavy atom. The summed E-state index contributed by atoms with van der Waals surface area (Å²) in [5, 5.41) is 10.0. The average Bonchev–Trinajstić information content (AvgIpc) is 2.55. The zero-order valence-corrected chi connectivity index (χ0v) is 17.4. The van der Waals surface area contributed by atoms with Gasteiger partial charge in [0.1, 0.15) is 0 Å². The number of hydrogen-bond donors (Lipinski definition) is 2. The normalized spacial score (nSPS) is 12.9. The number of halogens is 1. The molecule has 0 spiro atoms. The van der Waals surface area contributed by atoms with Gasteiger partial charge in [0.2, 0.25) is 0 Å². The smallest absolute Gasteiger partial charge is 0.0966 e. The lowest BCUT2D eigenvalue weighted by Gasteiger charge is -2.25. The number of aliphatic hydroxyl groups excluding tert-OH is 1. The Balaban J connectivity index is 0. The molecular weight excluding hydrogens is 322 g/mol. The van der Waals surface area contributed by atoms with E-state index in [1.807, 2.05) is 0 Å². The monoisotopic (exact) mass is 365 g/mol. The minimum Gasteiger partial charge on any atom is -1.00 e. The second-order valence-electron chi connectivity index (χ2n) is 7.32. The summed E-state index contributed by atoms with van der Waals surface area (Å²) in [6, 6.07) is 0. The molecule has 148 valence electrons. The third kappa shape index (κ3) is 15.7. The zero-order valence-electron chi connectivity index (χ0n) is 16.6. The van der Waals surface area contributed by atoms with Crippen LogP contribution in [-0.4, -0.2) is 30.0 Å². The van der Waals surface area contributed by atoms with Crippen molar-refractivity contribution in [1.29, 1.82) is 0 Å². The fraction of sp³-hybridized carbons (Fsp3) is 1.00. The second-order valence-corrected chi connectivity index (χ2v) is 7.32. The predicted molar refractivity (Wildman–Crippen MR) is 99.5 cm³/mol. The minimum atomic E-state index is -0.365. The summed E-state index contributed by atoms with van der Waals surface area (Å²) in [6.07, 6.45) is 15.8. The van der Waals surface area contributed by atoms with Crippen LogP contribution in [0, 0.1) is 0 Å². The molecule has 0 saturated heterocycles. The zero-order chi connectivity index (χ0) is 17.4. The van der Waals surface area contributed by atoms with Crippen molar-refractivity contribution >= 4 is 0 Å². The van der Waals surface area contributed by atoms with Gasteiger partial charge in [-0.05, 0) is 19.3 Å². The molecule has 0 bridgehead atoms. The minimum absolute atomic E-state index is 0. The van der Waals surface area contributed by atoms with Gasteiger partial charge in [-0.1, -0.05) is 78.6 Å². The standard InChI is InChI=1S/C20H43NO2.ClH/c1-4-7-8-9-10-11-12-13-14-15-16-23-18-19(22)17-20(21,5-2)6-3;/h19,22H,4-18,21H2,1-3H3;1H. The van der Waals surface area contributed by atoms with Gasteiger partial charge in [-0.2, -0.15) is 0 Å². The Kier molecular flexibility index (Phi) is 19.8. The topological polar surface area (TPSA) is 57.1 Å². The maximum absolute atomic E-state index is 10.0. The highest BCUT2D eigenvalue weighted by Gasteiger charge is 2.28. The van der Waals surface area contributed by atoms with Crippen molar-refractivity contribution in [2.75, 3.05) is 13.2 Å². The fourth-order valence-corrected chi connectivity index (χ4v) is 3.01. The molecule has 1 unspecified atom stereocenters. The summed E-state index contributed by atoms with van der Waals surface area (Å²) in [5.74, 6) is 0. The van der Waals surface area contributed by atoms with Crippen molar-refractivity contribution in [3.63, 3.8) is 0 Å². The van der Waals surface area contributed by atoms with Crippen molar-refractivity contribution in [2.24, 2.45) is 0 Å². The third-order valence-electron chi connectivity index (χ3n) is 5.12. The number of quaternary nitrogens is 1. The van der Waals surface area contributed by atoms with E-state index < -0.39 is 0 Å². The van der Waals surface area contributed by atoms with Crippen molar-refractivity contribution in [3.05, 3.63) is 0 Å². The molecule has 0 aliphatic carbocycles. The summed E-state index contributed by atoms with van der Waals surface area (Å²) < 4.78 is 5.62. The highest BCUT2D eigenvalue weighted by atomic mass is 35.5. The molecule has 0 aromatic rings. The molecule has 0 aromatic heterocycles. The molecule has 0 aliphatic heterocycles. The molecule has 0 heterocycles. The lowest BCUT2D eigenvalue weighted by Crippen LogP contribution is -3.00. The largest absolute Gasteiger partial charge is 1.00 e. The molecule has 4 N–H and O–H groups in total. The van der Waals surface area contributed by atoms with E-state index in [1.165, 1.54) is 57.8 Å². The van der Waals surface area contributed by atoms with Crippen LogP contribution in [0.25, 0.3) is 0 Å². The summed E-state index contributed by atoms with van der Waals surface area (Å²) in [4.78, 5) is 0. The van der Waals surface area contributed by atoms with Gasteiger partial charge in [0.25, 0.3) is 0 Å². The Hall–Kier alpha value is 0.170. The summed E-state index contributed by atoms with van der Waals surface area (Å²) in [5.41, 5.74) is 4.25. The van der Waals surface area contributed by atoms with Crippen LogP contribution in [0.5, 0.6) is 0 Å². The molecule has 0 radical (unpaired) electrons. The third-order valence-corrected chi connectivity index (χ3v) is 5.12. The van der Waals surface area contributed by atoms with Crippen LogP contribution in [0.15, 0.2) is 0 Å². The highest BCUT2D eigenvalue weighted by Crippen LogP contribution is 2.16. The molecule has 0 aliphatic rings. The summed E-state index contributed by atoms with van der Waals surface area (Å²) in [6.45, 7) is 7.82. The molecule has 4 heteroatoms. The van der Waals surface area contributed by atoms with Crippen molar-refractivity contribution < 1.29 is 28.0 Å².